The van der Waals surface area contributed by atoms with Crippen molar-refractivity contribution in [2.75, 3.05) is 4.90 Å². The van der Waals surface area contributed by atoms with Crippen molar-refractivity contribution >= 4 is 38.6 Å². The van der Waals surface area contributed by atoms with Gasteiger partial charge in [-0.15, -0.1) is 0 Å². The van der Waals surface area contributed by atoms with Crippen LogP contribution in [0.3, 0.4) is 0 Å². The molecular formula is C30H26N2. The van der Waals surface area contributed by atoms with Gasteiger partial charge < -0.3 is 4.90 Å². The normalized spacial score (nSPS) is 12.9. The van der Waals surface area contributed by atoms with Crippen LogP contribution < -0.4 is 4.90 Å². The Labute approximate surface area is 189 Å². The summed E-state index contributed by atoms with van der Waals surface area (Å²) in [4.78, 5) is 7.41. The molecule has 0 saturated carbocycles. The van der Waals surface area contributed by atoms with Gasteiger partial charge in [-0.05, 0) is 47.1 Å². The Morgan fingerprint density at radius 2 is 1.56 bits per heavy atom. The van der Waals surface area contributed by atoms with Crippen LogP contribution in [0.15, 0.2) is 91.1 Å². The highest BCUT2D eigenvalue weighted by atomic mass is 15.2. The second-order valence-electron chi connectivity index (χ2n) is 9.97. The van der Waals surface area contributed by atoms with Gasteiger partial charge in [-0.2, -0.15) is 0 Å². The third kappa shape index (κ3) is 2.98. The maximum atomic E-state index is 5.01. The lowest BCUT2D eigenvalue weighted by atomic mass is 9.86. The van der Waals surface area contributed by atoms with Crippen molar-refractivity contribution in [3.8, 4) is 11.3 Å². The molecule has 5 aromatic rings. The van der Waals surface area contributed by atoms with Crippen LogP contribution in [0, 0.1) is 5.41 Å². The lowest BCUT2D eigenvalue weighted by Gasteiger charge is -2.34. The molecule has 2 heteroatoms. The van der Waals surface area contributed by atoms with Crippen LogP contribution in [-0.4, -0.2) is 4.98 Å². The Morgan fingerprint density at radius 1 is 0.781 bits per heavy atom. The fourth-order valence-corrected chi connectivity index (χ4v) is 5.06. The standard InChI is InChI=1S/C30H26N2/c1-30(2,3)18-20-15-16-22-19-31-28-24-13-7-9-21-10-8-14-26(27(21)24)32(29(28)25(22)17-20)23-11-5-4-6-12-23/h4-17,19H,18H2,1-3H3. The summed E-state index contributed by atoms with van der Waals surface area (Å²) in [6.07, 6.45) is 3.07. The average molecular weight is 415 g/mol. The van der Waals surface area contributed by atoms with Crippen LogP contribution in [0.5, 0.6) is 0 Å². The molecule has 2 nitrogen and oxygen atoms in total. The van der Waals surface area contributed by atoms with E-state index < -0.39 is 0 Å². The smallest absolute Gasteiger partial charge is 0.0956 e. The van der Waals surface area contributed by atoms with E-state index in [1.54, 1.807) is 0 Å². The van der Waals surface area contributed by atoms with Gasteiger partial charge in [-0.1, -0.05) is 81.4 Å². The van der Waals surface area contributed by atoms with E-state index in [-0.39, 0.29) is 5.41 Å². The fourth-order valence-electron chi connectivity index (χ4n) is 5.06. The van der Waals surface area contributed by atoms with Gasteiger partial charge in [0, 0.05) is 33.6 Å². The highest BCUT2D eigenvalue weighted by Gasteiger charge is 2.28. The van der Waals surface area contributed by atoms with Crippen LogP contribution in [0.2, 0.25) is 0 Å². The second-order valence-corrected chi connectivity index (χ2v) is 9.97. The Hall–Kier alpha value is -3.65. The minimum atomic E-state index is 0.234. The van der Waals surface area contributed by atoms with E-state index in [1.165, 1.54) is 44.0 Å². The minimum absolute atomic E-state index is 0.234. The van der Waals surface area contributed by atoms with E-state index in [0.717, 1.165) is 17.8 Å². The van der Waals surface area contributed by atoms with Gasteiger partial charge in [0.25, 0.3) is 0 Å². The summed E-state index contributed by atoms with van der Waals surface area (Å²) >= 11 is 0. The van der Waals surface area contributed by atoms with Crippen molar-refractivity contribution in [2.24, 2.45) is 5.41 Å². The molecule has 1 aromatic heterocycles. The minimum Gasteiger partial charge on any atom is -0.307 e. The van der Waals surface area contributed by atoms with Crippen molar-refractivity contribution in [3.05, 3.63) is 96.7 Å². The molecule has 0 bridgehead atoms. The van der Waals surface area contributed by atoms with E-state index in [9.17, 15) is 0 Å². The zero-order valence-corrected chi connectivity index (χ0v) is 18.8. The van der Waals surface area contributed by atoms with Crippen molar-refractivity contribution in [1.82, 2.24) is 4.98 Å². The third-order valence-corrected chi connectivity index (χ3v) is 6.28. The van der Waals surface area contributed by atoms with Crippen molar-refractivity contribution in [2.45, 2.75) is 27.2 Å². The third-order valence-electron chi connectivity index (χ3n) is 6.28. The SMILES string of the molecule is CC(C)(C)Cc1ccc2cnc3c(c2c1)N(c1ccccc1)c1cccc2cccc-3c12. The second kappa shape index (κ2) is 6.93. The Balaban J connectivity index is 1.73. The highest BCUT2D eigenvalue weighted by Crippen LogP contribution is 2.52. The Kier molecular flexibility index (Phi) is 4.13. The van der Waals surface area contributed by atoms with Crippen LogP contribution in [0.1, 0.15) is 26.3 Å². The summed E-state index contributed by atoms with van der Waals surface area (Å²) in [6, 6.07) is 30.7. The molecule has 0 saturated heterocycles. The van der Waals surface area contributed by atoms with Gasteiger partial charge in [0.05, 0.1) is 17.1 Å². The molecule has 6 rings (SSSR count). The quantitative estimate of drug-likeness (QED) is 0.283. The summed E-state index contributed by atoms with van der Waals surface area (Å²) in [5.41, 5.74) is 7.41. The summed E-state index contributed by atoms with van der Waals surface area (Å²) in [5, 5.41) is 4.94. The molecule has 1 aliphatic heterocycles. The number of nitrogens with zero attached hydrogens (tertiary/aromatic N) is 2. The summed E-state index contributed by atoms with van der Waals surface area (Å²) in [7, 11) is 0. The Bertz CT molecular complexity index is 1470. The van der Waals surface area contributed by atoms with Crippen LogP contribution >= 0.6 is 0 Å². The first-order chi connectivity index (χ1) is 15.5. The van der Waals surface area contributed by atoms with Gasteiger partial charge in [-0.25, -0.2) is 0 Å². The van der Waals surface area contributed by atoms with Gasteiger partial charge >= 0.3 is 0 Å². The predicted molar refractivity (Wildman–Crippen MR) is 136 cm³/mol. The van der Waals surface area contributed by atoms with Crippen LogP contribution in [-0.2, 0) is 6.42 Å². The lowest BCUT2D eigenvalue weighted by Crippen LogP contribution is -2.16. The number of rotatable bonds is 2. The number of aromatic nitrogens is 1. The molecule has 156 valence electrons. The largest absolute Gasteiger partial charge is 0.307 e. The van der Waals surface area contributed by atoms with E-state index in [4.69, 9.17) is 4.98 Å². The molecule has 4 aromatic carbocycles. The monoisotopic (exact) mass is 414 g/mol. The first kappa shape index (κ1) is 19.1. The molecule has 0 unspecified atom stereocenters. The number of fused-ring (bicyclic) bond motifs is 4. The van der Waals surface area contributed by atoms with Gasteiger partial charge in [0.1, 0.15) is 0 Å². The molecule has 0 N–H and O–H groups in total. The summed E-state index contributed by atoms with van der Waals surface area (Å²) < 4.78 is 0. The molecule has 0 fully saturated rings. The summed E-state index contributed by atoms with van der Waals surface area (Å²) in [5.74, 6) is 0. The zero-order chi connectivity index (χ0) is 21.9. The molecule has 1 aliphatic rings. The maximum Gasteiger partial charge on any atom is 0.0956 e. The summed E-state index contributed by atoms with van der Waals surface area (Å²) in [6.45, 7) is 6.89. The number of pyridine rings is 1. The van der Waals surface area contributed by atoms with E-state index in [2.05, 4.69) is 111 Å². The zero-order valence-electron chi connectivity index (χ0n) is 18.8. The number of hydrogen-bond donors (Lipinski definition) is 0. The molecule has 0 radical (unpaired) electrons. The molecule has 2 heterocycles. The van der Waals surface area contributed by atoms with Crippen molar-refractivity contribution in [3.63, 3.8) is 0 Å². The van der Waals surface area contributed by atoms with Gasteiger partial charge in [0.15, 0.2) is 0 Å². The van der Waals surface area contributed by atoms with Crippen LogP contribution in [0.25, 0.3) is 32.8 Å². The van der Waals surface area contributed by atoms with Gasteiger partial charge in [-0.3, -0.25) is 4.98 Å². The first-order valence-corrected chi connectivity index (χ1v) is 11.3. The average Bonchev–Trinajstić information content (AvgIpc) is 2.79. The van der Waals surface area contributed by atoms with Crippen molar-refractivity contribution in [1.29, 1.82) is 0 Å². The molecule has 32 heavy (non-hydrogen) atoms. The number of anilines is 3. The number of para-hydroxylation sites is 1. The van der Waals surface area contributed by atoms with E-state index >= 15 is 0 Å². The van der Waals surface area contributed by atoms with Crippen molar-refractivity contribution < 1.29 is 0 Å². The molecule has 0 spiro atoms. The maximum absolute atomic E-state index is 5.01. The van der Waals surface area contributed by atoms with E-state index in [1.807, 2.05) is 6.20 Å². The highest BCUT2D eigenvalue weighted by molar-refractivity contribution is 6.17. The lowest BCUT2D eigenvalue weighted by molar-refractivity contribution is 0.411. The molecular weight excluding hydrogens is 388 g/mol. The number of hydrogen-bond acceptors (Lipinski definition) is 2. The van der Waals surface area contributed by atoms with Gasteiger partial charge in [0.2, 0.25) is 0 Å². The van der Waals surface area contributed by atoms with E-state index in [0.29, 0.717) is 0 Å². The molecule has 0 atom stereocenters. The molecule has 0 aliphatic carbocycles. The van der Waals surface area contributed by atoms with Crippen LogP contribution in [0.4, 0.5) is 17.1 Å². The molecule has 0 amide bonds. The first-order valence-electron chi connectivity index (χ1n) is 11.3. The topological polar surface area (TPSA) is 16.1 Å². The fraction of sp³-hybridized carbons (Fsp3) is 0.167. The number of benzene rings is 4. The predicted octanol–water partition coefficient (Wildman–Crippen LogP) is 8.43. The Morgan fingerprint density at radius 3 is 2.34 bits per heavy atom.